The molecule has 106 valence electrons. The highest BCUT2D eigenvalue weighted by molar-refractivity contribution is 9.10. The summed E-state index contributed by atoms with van der Waals surface area (Å²) in [5, 5.41) is 3.30. The van der Waals surface area contributed by atoms with Crippen molar-refractivity contribution in [2.45, 2.75) is 6.92 Å². The fourth-order valence-corrected chi connectivity index (χ4v) is 2.27. The van der Waals surface area contributed by atoms with Gasteiger partial charge in [0.25, 0.3) is 0 Å². The molecule has 0 saturated heterocycles. The number of halogens is 1. The van der Waals surface area contributed by atoms with Crippen molar-refractivity contribution in [3.8, 4) is 5.88 Å². The van der Waals surface area contributed by atoms with Crippen LogP contribution in [0.1, 0.15) is 6.92 Å². The first kappa shape index (κ1) is 13.8. The minimum absolute atomic E-state index is 0.605. The molecule has 0 atom stereocenters. The molecule has 0 aliphatic rings. The lowest BCUT2D eigenvalue weighted by atomic mass is 10.2. The predicted molar refractivity (Wildman–Crippen MR) is 85.9 cm³/mol. The molecule has 3 aromatic heterocycles. The second-order valence-corrected chi connectivity index (χ2v) is 5.24. The van der Waals surface area contributed by atoms with Gasteiger partial charge in [-0.25, -0.2) is 4.98 Å². The third-order valence-corrected chi connectivity index (χ3v) is 3.29. The van der Waals surface area contributed by atoms with Crippen LogP contribution in [0.25, 0.3) is 11.0 Å². The van der Waals surface area contributed by atoms with Gasteiger partial charge in [-0.2, -0.15) is 0 Å². The first-order valence-corrected chi connectivity index (χ1v) is 7.31. The van der Waals surface area contributed by atoms with Gasteiger partial charge in [-0.1, -0.05) is 0 Å². The highest BCUT2D eigenvalue weighted by Crippen LogP contribution is 2.25. The predicted octanol–water partition coefficient (Wildman–Crippen LogP) is 3.93. The van der Waals surface area contributed by atoms with E-state index in [1.165, 1.54) is 0 Å². The van der Waals surface area contributed by atoms with Crippen LogP contribution in [0.15, 0.2) is 47.3 Å². The maximum atomic E-state index is 5.33. The standard InChI is InChI=1S/C15H13BrN4O/c1-2-21-14-4-3-11(9-18-14)20-12-5-6-17-13-7-10(16)8-19-15(12)13/h3-9H,2H2,1H3,(H,17,20). The number of ether oxygens (including phenoxy) is 1. The molecule has 0 spiro atoms. The maximum Gasteiger partial charge on any atom is 0.213 e. The molecule has 0 aliphatic heterocycles. The number of hydrogen-bond donors (Lipinski definition) is 1. The minimum Gasteiger partial charge on any atom is -0.478 e. The Morgan fingerprint density at radius 2 is 2.05 bits per heavy atom. The van der Waals surface area contributed by atoms with Crippen LogP contribution in [0.5, 0.6) is 5.88 Å². The van der Waals surface area contributed by atoms with Gasteiger partial charge in [-0.15, -0.1) is 0 Å². The van der Waals surface area contributed by atoms with Gasteiger partial charge < -0.3 is 10.1 Å². The molecule has 0 aliphatic carbocycles. The molecule has 0 bridgehead atoms. The number of pyridine rings is 3. The Kier molecular flexibility index (Phi) is 3.96. The molecule has 0 aromatic carbocycles. The van der Waals surface area contributed by atoms with Crippen molar-refractivity contribution in [1.29, 1.82) is 0 Å². The fourth-order valence-electron chi connectivity index (χ4n) is 1.95. The van der Waals surface area contributed by atoms with E-state index in [-0.39, 0.29) is 0 Å². The Morgan fingerprint density at radius 3 is 2.81 bits per heavy atom. The largest absolute Gasteiger partial charge is 0.478 e. The zero-order valence-corrected chi connectivity index (χ0v) is 13.0. The quantitative estimate of drug-likeness (QED) is 0.776. The number of fused-ring (bicyclic) bond motifs is 1. The van der Waals surface area contributed by atoms with Crippen LogP contribution < -0.4 is 10.1 Å². The molecule has 3 rings (SSSR count). The lowest BCUT2D eigenvalue weighted by Crippen LogP contribution is -1.97. The molecule has 1 N–H and O–H groups in total. The third kappa shape index (κ3) is 3.11. The van der Waals surface area contributed by atoms with Gasteiger partial charge in [0.15, 0.2) is 0 Å². The summed E-state index contributed by atoms with van der Waals surface area (Å²) in [6.45, 7) is 2.54. The van der Waals surface area contributed by atoms with Crippen LogP contribution in [0.3, 0.4) is 0 Å². The Balaban J connectivity index is 1.90. The van der Waals surface area contributed by atoms with Gasteiger partial charge in [0.05, 0.1) is 29.7 Å². The van der Waals surface area contributed by atoms with E-state index in [0.717, 1.165) is 26.9 Å². The van der Waals surface area contributed by atoms with E-state index in [9.17, 15) is 0 Å². The van der Waals surface area contributed by atoms with E-state index >= 15 is 0 Å². The summed E-state index contributed by atoms with van der Waals surface area (Å²) in [5.41, 5.74) is 3.40. The van der Waals surface area contributed by atoms with Crippen molar-refractivity contribution in [2.24, 2.45) is 0 Å². The second-order valence-electron chi connectivity index (χ2n) is 4.32. The van der Waals surface area contributed by atoms with E-state index in [4.69, 9.17) is 4.74 Å². The Hall–Kier alpha value is -2.21. The fraction of sp³-hybridized carbons (Fsp3) is 0.133. The average Bonchev–Trinajstić information content (AvgIpc) is 2.49. The van der Waals surface area contributed by atoms with Crippen molar-refractivity contribution >= 4 is 38.3 Å². The van der Waals surface area contributed by atoms with E-state index in [2.05, 4.69) is 36.2 Å². The first-order chi connectivity index (χ1) is 10.3. The lowest BCUT2D eigenvalue weighted by Gasteiger charge is -2.09. The van der Waals surface area contributed by atoms with Crippen LogP contribution in [0.4, 0.5) is 11.4 Å². The molecule has 6 heteroatoms. The normalized spacial score (nSPS) is 10.6. The Morgan fingerprint density at radius 1 is 1.14 bits per heavy atom. The molecule has 21 heavy (non-hydrogen) atoms. The molecule has 0 saturated carbocycles. The summed E-state index contributed by atoms with van der Waals surface area (Å²) in [4.78, 5) is 13.0. The highest BCUT2D eigenvalue weighted by Gasteiger charge is 2.05. The van der Waals surface area contributed by atoms with Gasteiger partial charge in [0.1, 0.15) is 5.52 Å². The summed E-state index contributed by atoms with van der Waals surface area (Å²) in [6, 6.07) is 7.58. The van der Waals surface area contributed by atoms with E-state index in [1.54, 1.807) is 18.6 Å². The number of rotatable bonds is 4. The van der Waals surface area contributed by atoms with Crippen LogP contribution in [0, 0.1) is 0 Å². The average molecular weight is 345 g/mol. The van der Waals surface area contributed by atoms with E-state index < -0.39 is 0 Å². The van der Waals surface area contributed by atoms with Gasteiger partial charge in [-0.05, 0) is 41.1 Å². The Bertz CT molecular complexity index is 761. The summed E-state index contributed by atoms with van der Waals surface area (Å²) < 4.78 is 6.23. The van der Waals surface area contributed by atoms with Crippen molar-refractivity contribution in [2.75, 3.05) is 11.9 Å². The van der Waals surface area contributed by atoms with Crippen molar-refractivity contribution in [3.63, 3.8) is 0 Å². The molecule has 0 amide bonds. The summed E-state index contributed by atoms with van der Waals surface area (Å²) >= 11 is 3.40. The van der Waals surface area contributed by atoms with Crippen LogP contribution >= 0.6 is 15.9 Å². The Labute approximate surface area is 130 Å². The summed E-state index contributed by atoms with van der Waals surface area (Å²) in [5.74, 6) is 0.615. The number of anilines is 2. The molecule has 3 aromatic rings. The zero-order valence-electron chi connectivity index (χ0n) is 11.4. The minimum atomic E-state index is 0.605. The summed E-state index contributed by atoms with van der Waals surface area (Å²) in [7, 11) is 0. The maximum absolute atomic E-state index is 5.33. The van der Waals surface area contributed by atoms with Crippen LogP contribution in [-0.4, -0.2) is 21.6 Å². The molecular formula is C15H13BrN4O. The van der Waals surface area contributed by atoms with Crippen molar-refractivity contribution in [3.05, 3.63) is 47.3 Å². The lowest BCUT2D eigenvalue weighted by molar-refractivity contribution is 0.327. The smallest absolute Gasteiger partial charge is 0.213 e. The van der Waals surface area contributed by atoms with Gasteiger partial charge in [0, 0.05) is 22.9 Å². The molecule has 3 heterocycles. The number of nitrogens with zero attached hydrogens (tertiary/aromatic N) is 3. The van der Waals surface area contributed by atoms with E-state index in [0.29, 0.717) is 12.5 Å². The van der Waals surface area contributed by atoms with Gasteiger partial charge in [-0.3, -0.25) is 9.97 Å². The van der Waals surface area contributed by atoms with Gasteiger partial charge in [0.2, 0.25) is 5.88 Å². The zero-order chi connectivity index (χ0) is 14.7. The molecule has 0 fully saturated rings. The first-order valence-electron chi connectivity index (χ1n) is 6.52. The number of nitrogens with one attached hydrogen (secondary N) is 1. The van der Waals surface area contributed by atoms with Crippen LogP contribution in [-0.2, 0) is 0 Å². The van der Waals surface area contributed by atoms with Gasteiger partial charge >= 0.3 is 0 Å². The third-order valence-electron chi connectivity index (χ3n) is 2.85. The number of hydrogen-bond acceptors (Lipinski definition) is 5. The second kappa shape index (κ2) is 6.05. The monoisotopic (exact) mass is 344 g/mol. The highest BCUT2D eigenvalue weighted by atomic mass is 79.9. The molecule has 0 unspecified atom stereocenters. The number of aromatic nitrogens is 3. The van der Waals surface area contributed by atoms with E-state index in [1.807, 2.05) is 31.2 Å². The topological polar surface area (TPSA) is 59.9 Å². The van der Waals surface area contributed by atoms with Crippen molar-refractivity contribution < 1.29 is 4.74 Å². The SMILES string of the molecule is CCOc1ccc(Nc2ccnc3cc(Br)cnc23)cn1. The molecule has 5 nitrogen and oxygen atoms in total. The molecular weight excluding hydrogens is 332 g/mol. The summed E-state index contributed by atoms with van der Waals surface area (Å²) in [6.07, 6.45) is 5.24. The van der Waals surface area contributed by atoms with Crippen LogP contribution in [0.2, 0.25) is 0 Å². The molecule has 0 radical (unpaired) electrons. The van der Waals surface area contributed by atoms with Crippen molar-refractivity contribution in [1.82, 2.24) is 15.0 Å².